The summed E-state index contributed by atoms with van der Waals surface area (Å²) < 4.78 is 10.1. The van der Waals surface area contributed by atoms with Gasteiger partial charge in [0.1, 0.15) is 0 Å². The number of aliphatic hydroxyl groups excluding tert-OH is 1. The molecule has 0 aromatic rings. The van der Waals surface area contributed by atoms with Gasteiger partial charge in [0.05, 0.1) is 25.9 Å². The SMILES string of the molecule is COCCOCC(O)CNCC(C)C(C)(C)C. The van der Waals surface area contributed by atoms with E-state index >= 15 is 0 Å². The molecule has 0 saturated heterocycles. The molecule has 104 valence electrons. The quantitative estimate of drug-likeness (QED) is 0.603. The average molecular weight is 247 g/mol. The van der Waals surface area contributed by atoms with Gasteiger partial charge < -0.3 is 19.9 Å². The maximum absolute atomic E-state index is 9.64. The first-order valence-corrected chi connectivity index (χ1v) is 6.33. The second-order valence-corrected chi connectivity index (χ2v) is 5.65. The van der Waals surface area contributed by atoms with Crippen LogP contribution < -0.4 is 5.32 Å². The van der Waals surface area contributed by atoms with E-state index in [0.29, 0.717) is 37.7 Å². The molecule has 0 aromatic carbocycles. The van der Waals surface area contributed by atoms with Crippen LogP contribution in [0, 0.1) is 11.3 Å². The fourth-order valence-electron chi connectivity index (χ4n) is 1.19. The fraction of sp³-hybridized carbons (Fsp3) is 1.00. The van der Waals surface area contributed by atoms with E-state index in [9.17, 15) is 5.11 Å². The van der Waals surface area contributed by atoms with Crippen molar-refractivity contribution in [1.82, 2.24) is 5.32 Å². The molecule has 4 nitrogen and oxygen atoms in total. The molecule has 0 aliphatic carbocycles. The smallest absolute Gasteiger partial charge is 0.0897 e. The normalized spacial score (nSPS) is 15.9. The predicted octanol–water partition coefficient (Wildman–Crippen LogP) is 1.28. The van der Waals surface area contributed by atoms with Crippen LogP contribution in [-0.2, 0) is 9.47 Å². The summed E-state index contributed by atoms with van der Waals surface area (Å²) in [5, 5.41) is 12.9. The van der Waals surface area contributed by atoms with Crippen LogP contribution in [0.3, 0.4) is 0 Å². The second-order valence-electron chi connectivity index (χ2n) is 5.65. The van der Waals surface area contributed by atoms with Gasteiger partial charge in [-0.15, -0.1) is 0 Å². The first kappa shape index (κ1) is 16.8. The molecular formula is C13H29NO3. The van der Waals surface area contributed by atoms with Crippen molar-refractivity contribution in [3.05, 3.63) is 0 Å². The third kappa shape index (κ3) is 9.53. The zero-order chi connectivity index (χ0) is 13.3. The van der Waals surface area contributed by atoms with Gasteiger partial charge in [-0.25, -0.2) is 0 Å². The molecule has 0 aliphatic heterocycles. The Kier molecular flexibility index (Phi) is 8.78. The summed E-state index contributed by atoms with van der Waals surface area (Å²) in [6, 6.07) is 0. The summed E-state index contributed by atoms with van der Waals surface area (Å²) in [5.41, 5.74) is 0.299. The van der Waals surface area contributed by atoms with E-state index in [0.717, 1.165) is 6.54 Å². The number of hydrogen-bond acceptors (Lipinski definition) is 4. The number of aliphatic hydroxyl groups is 1. The van der Waals surface area contributed by atoms with Gasteiger partial charge >= 0.3 is 0 Å². The number of rotatable bonds is 9. The Balaban J connectivity index is 3.48. The zero-order valence-corrected chi connectivity index (χ0v) is 12.0. The number of nitrogens with one attached hydrogen (secondary N) is 1. The van der Waals surface area contributed by atoms with Crippen molar-refractivity contribution in [3.8, 4) is 0 Å². The van der Waals surface area contributed by atoms with Crippen molar-refractivity contribution >= 4 is 0 Å². The Morgan fingerprint density at radius 1 is 1.18 bits per heavy atom. The topological polar surface area (TPSA) is 50.7 Å². The Morgan fingerprint density at radius 3 is 2.35 bits per heavy atom. The molecule has 2 unspecified atom stereocenters. The van der Waals surface area contributed by atoms with Crippen LogP contribution in [0.25, 0.3) is 0 Å². The van der Waals surface area contributed by atoms with Crippen LogP contribution in [0.15, 0.2) is 0 Å². The van der Waals surface area contributed by atoms with Gasteiger partial charge in [-0.2, -0.15) is 0 Å². The molecule has 0 saturated carbocycles. The molecule has 0 bridgehead atoms. The van der Waals surface area contributed by atoms with Gasteiger partial charge in [-0.05, 0) is 17.9 Å². The Bertz CT molecular complexity index is 180. The molecule has 4 heteroatoms. The summed E-state index contributed by atoms with van der Waals surface area (Å²) >= 11 is 0. The fourth-order valence-corrected chi connectivity index (χ4v) is 1.19. The minimum absolute atomic E-state index is 0.299. The van der Waals surface area contributed by atoms with E-state index < -0.39 is 6.10 Å². The highest BCUT2D eigenvalue weighted by molar-refractivity contribution is 4.72. The molecule has 2 N–H and O–H groups in total. The highest BCUT2D eigenvalue weighted by Gasteiger charge is 2.19. The summed E-state index contributed by atoms with van der Waals surface area (Å²) in [5.74, 6) is 0.573. The highest BCUT2D eigenvalue weighted by Crippen LogP contribution is 2.24. The van der Waals surface area contributed by atoms with E-state index in [2.05, 4.69) is 33.0 Å². The Morgan fingerprint density at radius 2 is 1.82 bits per heavy atom. The van der Waals surface area contributed by atoms with Gasteiger partial charge in [-0.3, -0.25) is 0 Å². The molecule has 2 atom stereocenters. The third-order valence-electron chi connectivity index (χ3n) is 3.05. The van der Waals surface area contributed by atoms with Gasteiger partial charge in [0, 0.05) is 13.7 Å². The first-order chi connectivity index (χ1) is 7.88. The zero-order valence-electron chi connectivity index (χ0n) is 12.0. The lowest BCUT2D eigenvalue weighted by atomic mass is 9.82. The second kappa shape index (κ2) is 8.86. The van der Waals surface area contributed by atoms with Crippen LogP contribution in [0.2, 0.25) is 0 Å². The lowest BCUT2D eigenvalue weighted by Crippen LogP contribution is -2.36. The van der Waals surface area contributed by atoms with E-state index in [1.165, 1.54) is 0 Å². The molecule has 0 radical (unpaired) electrons. The van der Waals surface area contributed by atoms with E-state index in [1.54, 1.807) is 7.11 Å². The molecule has 0 aliphatic rings. The highest BCUT2D eigenvalue weighted by atomic mass is 16.5. The van der Waals surface area contributed by atoms with Crippen molar-refractivity contribution in [3.63, 3.8) is 0 Å². The van der Waals surface area contributed by atoms with E-state index in [-0.39, 0.29) is 0 Å². The largest absolute Gasteiger partial charge is 0.389 e. The summed E-state index contributed by atoms with van der Waals surface area (Å²) in [7, 11) is 1.63. The molecule has 0 aromatic heterocycles. The van der Waals surface area contributed by atoms with E-state index in [4.69, 9.17) is 9.47 Å². The van der Waals surface area contributed by atoms with Crippen LogP contribution in [0.4, 0.5) is 0 Å². The van der Waals surface area contributed by atoms with Crippen LogP contribution in [0.5, 0.6) is 0 Å². The minimum atomic E-state index is -0.445. The predicted molar refractivity (Wildman–Crippen MR) is 70.2 cm³/mol. The van der Waals surface area contributed by atoms with Crippen LogP contribution in [0.1, 0.15) is 27.7 Å². The number of hydrogen-bond donors (Lipinski definition) is 2. The summed E-state index contributed by atoms with van der Waals surface area (Å²) in [6.45, 7) is 11.9. The van der Waals surface area contributed by atoms with Crippen LogP contribution in [-0.4, -0.2) is 51.2 Å². The molecule has 0 rings (SSSR count). The number of methoxy groups -OCH3 is 1. The van der Waals surface area contributed by atoms with Crippen molar-refractivity contribution in [2.45, 2.75) is 33.8 Å². The van der Waals surface area contributed by atoms with Crippen molar-refractivity contribution < 1.29 is 14.6 Å². The standard InChI is InChI=1S/C13H29NO3/c1-11(13(2,3)4)8-14-9-12(15)10-17-7-6-16-5/h11-12,14-15H,6-10H2,1-5H3. The van der Waals surface area contributed by atoms with Gasteiger partial charge in [0.25, 0.3) is 0 Å². The number of ether oxygens (including phenoxy) is 2. The lowest BCUT2D eigenvalue weighted by molar-refractivity contribution is 0.0132. The van der Waals surface area contributed by atoms with Crippen molar-refractivity contribution in [2.24, 2.45) is 11.3 Å². The van der Waals surface area contributed by atoms with Crippen molar-refractivity contribution in [2.75, 3.05) is 40.0 Å². The van der Waals surface area contributed by atoms with Gasteiger partial charge in [0.2, 0.25) is 0 Å². The Labute approximate surface area is 106 Å². The minimum Gasteiger partial charge on any atom is -0.389 e. The van der Waals surface area contributed by atoms with E-state index in [1.807, 2.05) is 0 Å². The molecule has 0 heterocycles. The summed E-state index contributed by atoms with van der Waals surface area (Å²) in [6.07, 6.45) is -0.445. The van der Waals surface area contributed by atoms with Crippen molar-refractivity contribution in [1.29, 1.82) is 0 Å². The monoisotopic (exact) mass is 247 g/mol. The van der Waals surface area contributed by atoms with Crippen LogP contribution >= 0.6 is 0 Å². The third-order valence-corrected chi connectivity index (χ3v) is 3.05. The molecule has 17 heavy (non-hydrogen) atoms. The Hall–Kier alpha value is -0.160. The lowest BCUT2D eigenvalue weighted by Gasteiger charge is -2.27. The summed E-state index contributed by atoms with van der Waals surface area (Å²) in [4.78, 5) is 0. The molecule has 0 fully saturated rings. The van der Waals surface area contributed by atoms with Gasteiger partial charge in [0.15, 0.2) is 0 Å². The van der Waals surface area contributed by atoms with Gasteiger partial charge in [-0.1, -0.05) is 27.7 Å². The maximum atomic E-state index is 9.64. The maximum Gasteiger partial charge on any atom is 0.0897 e. The average Bonchev–Trinajstić information content (AvgIpc) is 2.23. The first-order valence-electron chi connectivity index (χ1n) is 6.33. The molecule has 0 amide bonds. The molecule has 0 spiro atoms. The molecular weight excluding hydrogens is 218 g/mol.